The van der Waals surface area contributed by atoms with Crippen molar-refractivity contribution >= 4 is 17.0 Å². The zero-order valence-corrected chi connectivity index (χ0v) is 17.2. The molecule has 0 unspecified atom stereocenters. The van der Waals surface area contributed by atoms with E-state index in [0.717, 1.165) is 0 Å². The summed E-state index contributed by atoms with van der Waals surface area (Å²) in [4.78, 5) is 11.2. The van der Waals surface area contributed by atoms with Gasteiger partial charge in [-0.15, -0.1) is 0 Å². The summed E-state index contributed by atoms with van der Waals surface area (Å²) in [7, 11) is 0. The van der Waals surface area contributed by atoms with Gasteiger partial charge in [0.2, 0.25) is 0 Å². The number of fused-ring (bicyclic) bond motifs is 3. The standard InChI is InChI=1S/C23H27ClO2/c1-22(2,3)14-7-9-16-17-10-8-15(23(4,5)6)12-19(17)20(18(16)11-14)13-26-21(24)25/h7-12,20H,13H2,1-6H3. The van der Waals surface area contributed by atoms with Gasteiger partial charge in [-0.05, 0) is 44.2 Å². The second kappa shape index (κ2) is 6.42. The number of ether oxygens (including phenoxy) is 1. The number of rotatable bonds is 2. The summed E-state index contributed by atoms with van der Waals surface area (Å²) in [5, 5.41) is 0. The Kier molecular flexibility index (Phi) is 4.69. The van der Waals surface area contributed by atoms with Gasteiger partial charge in [0, 0.05) is 17.5 Å². The average Bonchev–Trinajstić information content (AvgIpc) is 2.83. The average molecular weight is 371 g/mol. The van der Waals surface area contributed by atoms with Crippen LogP contribution < -0.4 is 0 Å². The van der Waals surface area contributed by atoms with Crippen molar-refractivity contribution < 1.29 is 9.53 Å². The molecule has 26 heavy (non-hydrogen) atoms. The molecule has 0 aromatic heterocycles. The maximum absolute atomic E-state index is 11.2. The lowest BCUT2D eigenvalue weighted by Gasteiger charge is -2.22. The summed E-state index contributed by atoms with van der Waals surface area (Å²) in [5.74, 6) is 0.0206. The summed E-state index contributed by atoms with van der Waals surface area (Å²) >= 11 is 5.46. The van der Waals surface area contributed by atoms with E-state index in [9.17, 15) is 4.79 Å². The highest BCUT2D eigenvalue weighted by atomic mass is 35.5. The molecule has 0 saturated carbocycles. The van der Waals surface area contributed by atoms with E-state index < -0.39 is 5.43 Å². The molecule has 0 fully saturated rings. The molecule has 0 spiro atoms. The minimum atomic E-state index is -0.751. The Morgan fingerprint density at radius 1 is 0.885 bits per heavy atom. The Labute approximate surface area is 161 Å². The molecule has 2 nitrogen and oxygen atoms in total. The highest BCUT2D eigenvalue weighted by Gasteiger charge is 2.32. The minimum Gasteiger partial charge on any atom is -0.453 e. The van der Waals surface area contributed by atoms with Crippen LogP contribution in [0.15, 0.2) is 36.4 Å². The van der Waals surface area contributed by atoms with E-state index in [1.807, 2.05) is 0 Å². The highest BCUT2D eigenvalue weighted by Crippen LogP contribution is 2.47. The predicted octanol–water partition coefficient (Wildman–Crippen LogP) is 6.77. The van der Waals surface area contributed by atoms with Gasteiger partial charge in [0.05, 0.1) is 0 Å². The lowest BCUT2D eigenvalue weighted by molar-refractivity contribution is 0.170. The maximum Gasteiger partial charge on any atom is 0.403 e. The fourth-order valence-electron chi connectivity index (χ4n) is 3.62. The molecule has 1 aliphatic rings. The molecule has 0 N–H and O–H groups in total. The molecule has 3 heteroatoms. The van der Waals surface area contributed by atoms with E-state index in [1.165, 1.54) is 33.4 Å². The van der Waals surface area contributed by atoms with E-state index in [1.54, 1.807) is 0 Å². The van der Waals surface area contributed by atoms with Crippen molar-refractivity contribution in [2.75, 3.05) is 6.61 Å². The zero-order valence-electron chi connectivity index (χ0n) is 16.4. The summed E-state index contributed by atoms with van der Waals surface area (Å²) < 4.78 is 5.22. The molecule has 0 atom stereocenters. The van der Waals surface area contributed by atoms with Gasteiger partial charge in [0.15, 0.2) is 0 Å². The number of hydrogen-bond donors (Lipinski definition) is 0. The van der Waals surface area contributed by atoms with Crippen LogP contribution in [-0.4, -0.2) is 12.0 Å². The van der Waals surface area contributed by atoms with Crippen LogP contribution in [0.1, 0.15) is 69.7 Å². The van der Waals surface area contributed by atoms with Crippen molar-refractivity contribution in [3.8, 4) is 11.1 Å². The van der Waals surface area contributed by atoms with Gasteiger partial charge < -0.3 is 4.74 Å². The van der Waals surface area contributed by atoms with E-state index in [4.69, 9.17) is 16.3 Å². The first-order valence-corrected chi connectivity index (χ1v) is 9.48. The van der Waals surface area contributed by atoms with E-state index >= 15 is 0 Å². The minimum absolute atomic E-state index is 0.0206. The summed E-state index contributed by atoms with van der Waals surface area (Å²) in [5.41, 5.74) is 6.83. The van der Waals surface area contributed by atoms with Crippen molar-refractivity contribution in [1.29, 1.82) is 0 Å². The van der Waals surface area contributed by atoms with Crippen LogP contribution in [0.3, 0.4) is 0 Å². The van der Waals surface area contributed by atoms with Crippen LogP contribution >= 0.6 is 11.6 Å². The summed E-state index contributed by atoms with van der Waals surface area (Å²) in [6.45, 7) is 13.5. The molecule has 0 saturated heterocycles. The number of benzene rings is 2. The second-order valence-electron chi connectivity index (χ2n) is 9.21. The third-order valence-electron chi connectivity index (χ3n) is 5.24. The SMILES string of the molecule is CC(C)(C)c1ccc2c(c1)C(COC(=O)Cl)c1cc(C(C)(C)C)ccc1-2. The lowest BCUT2D eigenvalue weighted by Crippen LogP contribution is -2.14. The largest absolute Gasteiger partial charge is 0.453 e. The van der Waals surface area contributed by atoms with Crippen molar-refractivity contribution in [2.45, 2.75) is 58.3 Å². The van der Waals surface area contributed by atoms with Crippen molar-refractivity contribution in [3.05, 3.63) is 58.7 Å². The first-order valence-electron chi connectivity index (χ1n) is 9.10. The van der Waals surface area contributed by atoms with Gasteiger partial charge >= 0.3 is 5.43 Å². The molecular weight excluding hydrogens is 344 g/mol. The third kappa shape index (κ3) is 3.53. The van der Waals surface area contributed by atoms with Gasteiger partial charge in [-0.2, -0.15) is 0 Å². The first-order chi connectivity index (χ1) is 12.0. The molecule has 2 aromatic carbocycles. The van der Waals surface area contributed by atoms with Crippen molar-refractivity contribution in [2.24, 2.45) is 0 Å². The molecule has 0 radical (unpaired) electrons. The molecule has 2 aromatic rings. The molecule has 0 heterocycles. The van der Waals surface area contributed by atoms with Gasteiger partial charge in [0.1, 0.15) is 6.61 Å². The van der Waals surface area contributed by atoms with Gasteiger partial charge in [-0.3, -0.25) is 0 Å². The number of carbonyl (C=O) groups is 1. The molecule has 0 aliphatic heterocycles. The van der Waals surface area contributed by atoms with Crippen LogP contribution in [0, 0.1) is 0 Å². The van der Waals surface area contributed by atoms with Crippen LogP contribution in [0.4, 0.5) is 4.79 Å². The summed E-state index contributed by atoms with van der Waals surface area (Å²) in [6.07, 6.45) is 0. The fourth-order valence-corrected chi connectivity index (χ4v) is 3.68. The van der Waals surface area contributed by atoms with Crippen LogP contribution in [0.25, 0.3) is 11.1 Å². The summed E-state index contributed by atoms with van der Waals surface area (Å²) in [6, 6.07) is 13.3. The number of carbonyl (C=O) groups excluding carboxylic acids is 1. The molecule has 0 amide bonds. The predicted molar refractivity (Wildman–Crippen MR) is 108 cm³/mol. The van der Waals surface area contributed by atoms with E-state index in [2.05, 4.69) is 77.9 Å². The first kappa shape index (κ1) is 19.0. The van der Waals surface area contributed by atoms with Crippen molar-refractivity contribution in [3.63, 3.8) is 0 Å². The van der Waals surface area contributed by atoms with Gasteiger partial charge in [-0.25, -0.2) is 4.79 Å². The van der Waals surface area contributed by atoms with E-state index in [0.29, 0.717) is 0 Å². The normalized spacial score (nSPS) is 14.1. The van der Waals surface area contributed by atoms with Crippen LogP contribution in [0.5, 0.6) is 0 Å². The number of hydrogen-bond acceptors (Lipinski definition) is 2. The smallest absolute Gasteiger partial charge is 0.403 e. The van der Waals surface area contributed by atoms with Crippen LogP contribution in [0.2, 0.25) is 0 Å². The number of halogens is 1. The molecule has 3 rings (SSSR count). The quantitative estimate of drug-likeness (QED) is 0.545. The Morgan fingerprint density at radius 2 is 1.31 bits per heavy atom. The Morgan fingerprint density at radius 3 is 1.65 bits per heavy atom. The fraction of sp³-hybridized carbons (Fsp3) is 0.435. The zero-order chi connectivity index (χ0) is 19.3. The Hall–Kier alpha value is -1.80. The molecule has 138 valence electrons. The van der Waals surface area contributed by atoms with E-state index in [-0.39, 0.29) is 23.4 Å². The highest BCUT2D eigenvalue weighted by molar-refractivity contribution is 6.61. The Balaban J connectivity index is 2.14. The Bertz CT molecular complexity index is 790. The lowest BCUT2D eigenvalue weighted by atomic mass is 9.83. The molecule has 0 bridgehead atoms. The monoisotopic (exact) mass is 370 g/mol. The van der Waals surface area contributed by atoms with Gasteiger partial charge in [0.25, 0.3) is 0 Å². The second-order valence-corrected chi connectivity index (χ2v) is 9.51. The topological polar surface area (TPSA) is 26.3 Å². The third-order valence-corrected chi connectivity index (χ3v) is 5.35. The van der Waals surface area contributed by atoms with Crippen LogP contribution in [-0.2, 0) is 15.6 Å². The van der Waals surface area contributed by atoms with Gasteiger partial charge in [-0.1, -0.05) is 77.9 Å². The maximum atomic E-state index is 11.2. The molecular formula is C23H27ClO2. The van der Waals surface area contributed by atoms with Crippen molar-refractivity contribution in [1.82, 2.24) is 0 Å². The molecule has 1 aliphatic carbocycles.